The fourth-order valence-corrected chi connectivity index (χ4v) is 3.40. The van der Waals surface area contributed by atoms with Gasteiger partial charge in [0.15, 0.2) is 5.78 Å². The molecule has 2 aromatic heterocycles. The van der Waals surface area contributed by atoms with E-state index in [0.29, 0.717) is 24.5 Å². The van der Waals surface area contributed by atoms with Gasteiger partial charge in [-0.05, 0) is 24.6 Å². The standard InChI is InChI=1S/C21H21N5O/c1-14-3-2-4-15(9-14)10-19(27)16-5-7-23-20(11-16)26-8-6-18-17(13-26)12-24-21(22)25-18/h2-5,7,9,11-12H,6,8,10,13H2,1H3,(H2,22,24,25). The van der Waals surface area contributed by atoms with Crippen molar-refractivity contribution in [3.8, 4) is 0 Å². The molecule has 0 unspecified atom stereocenters. The normalized spacial score (nSPS) is 13.3. The Kier molecular flexibility index (Phi) is 4.54. The summed E-state index contributed by atoms with van der Waals surface area (Å²) in [6, 6.07) is 11.7. The van der Waals surface area contributed by atoms with E-state index in [0.717, 1.165) is 41.2 Å². The largest absolute Gasteiger partial charge is 0.368 e. The molecule has 0 radical (unpaired) electrons. The Morgan fingerprint density at radius 3 is 2.96 bits per heavy atom. The van der Waals surface area contributed by atoms with Gasteiger partial charge >= 0.3 is 0 Å². The Labute approximate surface area is 158 Å². The van der Waals surface area contributed by atoms with Crippen molar-refractivity contribution < 1.29 is 4.79 Å². The molecule has 0 spiro atoms. The lowest BCUT2D eigenvalue weighted by Gasteiger charge is -2.29. The van der Waals surface area contributed by atoms with Crippen molar-refractivity contribution in [2.75, 3.05) is 17.2 Å². The quantitative estimate of drug-likeness (QED) is 0.721. The number of aromatic nitrogens is 3. The number of nitrogens with two attached hydrogens (primary N) is 1. The number of aryl methyl sites for hydroxylation is 1. The molecule has 4 rings (SSSR count). The number of benzene rings is 1. The van der Waals surface area contributed by atoms with E-state index in [-0.39, 0.29) is 5.78 Å². The molecule has 0 atom stereocenters. The number of nitrogens with zero attached hydrogens (tertiary/aromatic N) is 4. The second kappa shape index (κ2) is 7.15. The van der Waals surface area contributed by atoms with Crippen molar-refractivity contribution in [2.45, 2.75) is 26.3 Å². The molecular formula is C21H21N5O. The molecule has 6 nitrogen and oxygen atoms in total. The second-order valence-corrected chi connectivity index (χ2v) is 6.86. The van der Waals surface area contributed by atoms with E-state index in [1.807, 2.05) is 37.3 Å². The zero-order valence-electron chi connectivity index (χ0n) is 15.2. The monoisotopic (exact) mass is 359 g/mol. The highest BCUT2D eigenvalue weighted by molar-refractivity contribution is 5.98. The topological polar surface area (TPSA) is 85.0 Å². The first-order valence-corrected chi connectivity index (χ1v) is 8.98. The zero-order valence-corrected chi connectivity index (χ0v) is 15.2. The fraction of sp³-hybridized carbons (Fsp3) is 0.238. The molecule has 27 heavy (non-hydrogen) atoms. The fourth-order valence-electron chi connectivity index (χ4n) is 3.40. The molecule has 0 aliphatic carbocycles. The van der Waals surface area contributed by atoms with E-state index >= 15 is 0 Å². The third-order valence-corrected chi connectivity index (χ3v) is 4.79. The zero-order chi connectivity index (χ0) is 18.8. The molecule has 0 saturated heterocycles. The second-order valence-electron chi connectivity index (χ2n) is 6.86. The first kappa shape index (κ1) is 17.1. The minimum Gasteiger partial charge on any atom is -0.368 e. The van der Waals surface area contributed by atoms with E-state index in [4.69, 9.17) is 5.73 Å². The SMILES string of the molecule is Cc1cccc(CC(=O)c2ccnc(N3CCc4nc(N)ncc4C3)c2)c1. The van der Waals surface area contributed by atoms with Crippen molar-refractivity contribution in [2.24, 2.45) is 0 Å². The number of hydrogen-bond acceptors (Lipinski definition) is 6. The molecule has 0 fully saturated rings. The summed E-state index contributed by atoms with van der Waals surface area (Å²) in [6.45, 7) is 3.48. The van der Waals surface area contributed by atoms with Gasteiger partial charge in [0, 0.05) is 49.5 Å². The predicted molar refractivity (Wildman–Crippen MR) is 105 cm³/mol. The van der Waals surface area contributed by atoms with E-state index in [1.165, 1.54) is 0 Å². The van der Waals surface area contributed by atoms with Gasteiger partial charge in [0.25, 0.3) is 0 Å². The van der Waals surface area contributed by atoms with Gasteiger partial charge in [-0.15, -0.1) is 0 Å². The minimum atomic E-state index is 0.0952. The first-order chi connectivity index (χ1) is 13.1. The van der Waals surface area contributed by atoms with Crippen LogP contribution in [-0.4, -0.2) is 27.3 Å². The number of carbonyl (C=O) groups excluding carboxylic acids is 1. The van der Waals surface area contributed by atoms with Crippen LogP contribution in [0.15, 0.2) is 48.8 Å². The molecule has 0 bridgehead atoms. The van der Waals surface area contributed by atoms with Crippen LogP contribution >= 0.6 is 0 Å². The Balaban J connectivity index is 1.52. The first-order valence-electron chi connectivity index (χ1n) is 8.98. The third kappa shape index (κ3) is 3.79. The molecule has 136 valence electrons. The van der Waals surface area contributed by atoms with Crippen LogP contribution in [0.1, 0.15) is 32.7 Å². The summed E-state index contributed by atoms with van der Waals surface area (Å²) in [5.41, 5.74) is 10.6. The van der Waals surface area contributed by atoms with Crippen LogP contribution in [0.2, 0.25) is 0 Å². The van der Waals surface area contributed by atoms with Crippen molar-refractivity contribution in [1.29, 1.82) is 0 Å². The summed E-state index contributed by atoms with van der Waals surface area (Å²) in [6.07, 6.45) is 4.65. The number of ketones is 1. The number of anilines is 2. The molecule has 3 aromatic rings. The van der Waals surface area contributed by atoms with E-state index < -0.39 is 0 Å². The van der Waals surface area contributed by atoms with Crippen molar-refractivity contribution in [1.82, 2.24) is 15.0 Å². The lowest BCUT2D eigenvalue weighted by atomic mass is 10.0. The number of fused-ring (bicyclic) bond motifs is 1. The summed E-state index contributed by atoms with van der Waals surface area (Å²) >= 11 is 0. The molecular weight excluding hydrogens is 338 g/mol. The Hall–Kier alpha value is -3.28. The predicted octanol–water partition coefficient (Wildman–Crippen LogP) is 2.75. The van der Waals surface area contributed by atoms with Crippen LogP contribution in [-0.2, 0) is 19.4 Å². The van der Waals surface area contributed by atoms with Crippen LogP contribution in [0.4, 0.5) is 11.8 Å². The average molecular weight is 359 g/mol. The van der Waals surface area contributed by atoms with Crippen molar-refractivity contribution in [3.05, 3.63) is 76.7 Å². The van der Waals surface area contributed by atoms with Gasteiger partial charge in [0.2, 0.25) is 5.95 Å². The van der Waals surface area contributed by atoms with E-state index in [2.05, 4.69) is 19.9 Å². The Bertz CT molecular complexity index is 1000. The molecule has 1 aliphatic heterocycles. The van der Waals surface area contributed by atoms with Crippen molar-refractivity contribution >= 4 is 17.5 Å². The highest BCUT2D eigenvalue weighted by Crippen LogP contribution is 2.23. The number of hydrogen-bond donors (Lipinski definition) is 1. The maximum absolute atomic E-state index is 12.7. The summed E-state index contributed by atoms with van der Waals surface area (Å²) in [5.74, 6) is 1.20. The van der Waals surface area contributed by atoms with E-state index in [9.17, 15) is 4.79 Å². The number of rotatable bonds is 4. The lowest BCUT2D eigenvalue weighted by molar-refractivity contribution is 0.0993. The summed E-state index contributed by atoms with van der Waals surface area (Å²) in [4.78, 5) is 27.7. The molecule has 0 saturated carbocycles. The molecule has 1 aromatic carbocycles. The maximum Gasteiger partial charge on any atom is 0.220 e. The van der Waals surface area contributed by atoms with Gasteiger partial charge in [-0.1, -0.05) is 29.8 Å². The summed E-state index contributed by atoms with van der Waals surface area (Å²) in [7, 11) is 0. The lowest BCUT2D eigenvalue weighted by Crippen LogP contribution is -2.32. The maximum atomic E-state index is 12.7. The number of Topliss-reactive ketones (excluding diaryl/α,β-unsaturated/α-hetero) is 1. The van der Waals surface area contributed by atoms with Gasteiger partial charge in [0.1, 0.15) is 5.82 Å². The van der Waals surface area contributed by atoms with Gasteiger partial charge in [-0.25, -0.2) is 15.0 Å². The van der Waals surface area contributed by atoms with E-state index in [1.54, 1.807) is 18.5 Å². The van der Waals surface area contributed by atoms with Gasteiger partial charge in [-0.3, -0.25) is 4.79 Å². The number of pyridine rings is 1. The van der Waals surface area contributed by atoms with Crippen LogP contribution < -0.4 is 10.6 Å². The minimum absolute atomic E-state index is 0.0952. The molecule has 1 aliphatic rings. The van der Waals surface area contributed by atoms with Crippen LogP contribution in [0, 0.1) is 6.92 Å². The third-order valence-electron chi connectivity index (χ3n) is 4.79. The van der Waals surface area contributed by atoms with Gasteiger partial charge < -0.3 is 10.6 Å². The van der Waals surface area contributed by atoms with Crippen LogP contribution in [0.3, 0.4) is 0 Å². The smallest absolute Gasteiger partial charge is 0.220 e. The van der Waals surface area contributed by atoms with Crippen LogP contribution in [0.5, 0.6) is 0 Å². The number of carbonyl (C=O) groups is 1. The highest BCUT2D eigenvalue weighted by atomic mass is 16.1. The summed E-state index contributed by atoms with van der Waals surface area (Å²) in [5, 5.41) is 0. The Morgan fingerprint density at radius 2 is 2.11 bits per heavy atom. The van der Waals surface area contributed by atoms with Crippen molar-refractivity contribution in [3.63, 3.8) is 0 Å². The molecule has 0 amide bonds. The van der Waals surface area contributed by atoms with Gasteiger partial charge in [0.05, 0.1) is 5.69 Å². The molecule has 6 heteroatoms. The average Bonchev–Trinajstić information content (AvgIpc) is 2.67. The Morgan fingerprint density at radius 1 is 1.22 bits per heavy atom. The summed E-state index contributed by atoms with van der Waals surface area (Å²) < 4.78 is 0. The molecule has 2 N–H and O–H groups in total. The van der Waals surface area contributed by atoms with Crippen LogP contribution in [0.25, 0.3) is 0 Å². The van der Waals surface area contributed by atoms with Gasteiger partial charge in [-0.2, -0.15) is 0 Å². The number of nitrogen functional groups attached to an aromatic ring is 1. The molecule has 3 heterocycles. The highest BCUT2D eigenvalue weighted by Gasteiger charge is 2.20.